The summed E-state index contributed by atoms with van der Waals surface area (Å²) in [4.78, 5) is 12.2. The molecule has 36 heavy (non-hydrogen) atoms. The Morgan fingerprint density at radius 1 is 0.556 bits per heavy atom. The second-order valence-electron chi connectivity index (χ2n) is 11.2. The molecule has 2 unspecified atom stereocenters. The zero-order valence-corrected chi connectivity index (χ0v) is 24.5. The number of carbonyl (C=O) groups excluding carboxylic acids is 1. The van der Waals surface area contributed by atoms with Gasteiger partial charge in [0.1, 0.15) is 0 Å². The number of hydrogen-bond donors (Lipinski definition) is 3. The highest BCUT2D eigenvalue weighted by Crippen LogP contribution is 2.15. The maximum Gasteiger partial charge on any atom is 0.220 e. The number of aliphatic hydroxyl groups excluding tert-OH is 2. The normalized spacial score (nSPS) is 13.1. The van der Waals surface area contributed by atoms with Gasteiger partial charge in [0.15, 0.2) is 0 Å². The van der Waals surface area contributed by atoms with Gasteiger partial charge in [-0.05, 0) is 12.8 Å². The molecule has 0 heterocycles. The van der Waals surface area contributed by atoms with Crippen molar-refractivity contribution in [2.24, 2.45) is 0 Å². The standard InChI is InChI=1S/C32H65NO3/c1-3-5-7-9-11-13-15-16-17-18-19-21-23-25-27-31(35)30(29-34)33-32(36)28-26-24-22-20-14-12-10-8-6-4-2/h30-31,34-35H,3-29H2,1-2H3,(H,33,36). The Morgan fingerprint density at radius 2 is 0.889 bits per heavy atom. The number of nitrogens with one attached hydrogen (secondary N) is 1. The average molecular weight is 512 g/mol. The van der Waals surface area contributed by atoms with Crippen molar-refractivity contribution >= 4 is 5.91 Å². The molecule has 4 heteroatoms. The van der Waals surface area contributed by atoms with E-state index < -0.39 is 12.1 Å². The van der Waals surface area contributed by atoms with Gasteiger partial charge < -0.3 is 15.5 Å². The summed E-state index contributed by atoms with van der Waals surface area (Å²) in [5.41, 5.74) is 0. The lowest BCUT2D eigenvalue weighted by molar-refractivity contribution is -0.123. The van der Waals surface area contributed by atoms with Crippen LogP contribution in [0.2, 0.25) is 0 Å². The van der Waals surface area contributed by atoms with Crippen molar-refractivity contribution < 1.29 is 15.0 Å². The van der Waals surface area contributed by atoms with Crippen LogP contribution in [0.5, 0.6) is 0 Å². The average Bonchev–Trinajstić information content (AvgIpc) is 2.88. The highest BCUT2D eigenvalue weighted by molar-refractivity contribution is 5.76. The molecule has 0 aliphatic rings. The molecular formula is C32H65NO3. The maximum absolute atomic E-state index is 12.2. The second kappa shape index (κ2) is 29.0. The summed E-state index contributed by atoms with van der Waals surface area (Å²) in [6.07, 6.45) is 31.4. The molecule has 0 aromatic rings. The number of hydrogen-bond acceptors (Lipinski definition) is 3. The van der Waals surface area contributed by atoms with Gasteiger partial charge in [-0.3, -0.25) is 4.79 Å². The van der Waals surface area contributed by atoms with Crippen molar-refractivity contribution in [3.63, 3.8) is 0 Å². The molecule has 0 aliphatic heterocycles. The maximum atomic E-state index is 12.2. The van der Waals surface area contributed by atoms with E-state index in [0.29, 0.717) is 12.8 Å². The molecule has 0 aromatic carbocycles. The summed E-state index contributed by atoms with van der Waals surface area (Å²) in [7, 11) is 0. The molecular weight excluding hydrogens is 446 g/mol. The first-order chi connectivity index (χ1) is 17.7. The van der Waals surface area contributed by atoms with E-state index in [4.69, 9.17) is 0 Å². The molecule has 0 fully saturated rings. The van der Waals surface area contributed by atoms with Gasteiger partial charge in [-0.2, -0.15) is 0 Å². The second-order valence-corrected chi connectivity index (χ2v) is 11.2. The van der Waals surface area contributed by atoms with E-state index in [1.54, 1.807) is 0 Å². The predicted molar refractivity (Wildman–Crippen MR) is 156 cm³/mol. The highest BCUT2D eigenvalue weighted by Gasteiger charge is 2.19. The van der Waals surface area contributed by atoms with Crippen LogP contribution < -0.4 is 5.32 Å². The third-order valence-electron chi connectivity index (χ3n) is 7.62. The Balaban J connectivity index is 3.56. The lowest BCUT2D eigenvalue weighted by Gasteiger charge is -2.22. The minimum absolute atomic E-state index is 0.0337. The van der Waals surface area contributed by atoms with E-state index in [-0.39, 0.29) is 12.5 Å². The Labute approximate surface area is 225 Å². The smallest absolute Gasteiger partial charge is 0.220 e. The van der Waals surface area contributed by atoms with Gasteiger partial charge in [-0.25, -0.2) is 0 Å². The van der Waals surface area contributed by atoms with Crippen molar-refractivity contribution in [2.75, 3.05) is 6.61 Å². The monoisotopic (exact) mass is 511 g/mol. The highest BCUT2D eigenvalue weighted by atomic mass is 16.3. The largest absolute Gasteiger partial charge is 0.394 e. The van der Waals surface area contributed by atoms with Gasteiger partial charge in [0.25, 0.3) is 0 Å². The van der Waals surface area contributed by atoms with Gasteiger partial charge in [-0.15, -0.1) is 0 Å². The number of rotatable bonds is 29. The van der Waals surface area contributed by atoms with Crippen molar-refractivity contribution in [2.45, 2.75) is 193 Å². The van der Waals surface area contributed by atoms with Gasteiger partial charge >= 0.3 is 0 Å². The van der Waals surface area contributed by atoms with E-state index in [1.165, 1.54) is 128 Å². The zero-order chi connectivity index (χ0) is 26.5. The predicted octanol–water partition coefficient (Wildman–Crippen LogP) is 9.01. The van der Waals surface area contributed by atoms with E-state index in [2.05, 4.69) is 19.2 Å². The summed E-state index contributed by atoms with van der Waals surface area (Å²) in [6.45, 7) is 4.33. The summed E-state index contributed by atoms with van der Waals surface area (Å²) in [5.74, 6) is -0.0337. The van der Waals surface area contributed by atoms with Crippen LogP contribution in [0.4, 0.5) is 0 Å². The SMILES string of the molecule is CCCCCCCCCCCCCCCCC(O)C(CO)NC(=O)CCCCCCCCCCCC. The Hall–Kier alpha value is -0.610. The van der Waals surface area contributed by atoms with Gasteiger partial charge in [0.05, 0.1) is 18.8 Å². The molecule has 0 aromatic heterocycles. The van der Waals surface area contributed by atoms with Gasteiger partial charge in [-0.1, -0.05) is 162 Å². The number of amides is 1. The van der Waals surface area contributed by atoms with Crippen LogP contribution in [0, 0.1) is 0 Å². The van der Waals surface area contributed by atoms with Crippen molar-refractivity contribution in [1.29, 1.82) is 0 Å². The van der Waals surface area contributed by atoms with Crippen LogP contribution in [-0.2, 0) is 4.79 Å². The third-order valence-corrected chi connectivity index (χ3v) is 7.62. The summed E-state index contributed by atoms with van der Waals surface area (Å²) in [6, 6.07) is -0.525. The molecule has 0 radical (unpaired) electrons. The lowest BCUT2D eigenvalue weighted by Crippen LogP contribution is -2.45. The van der Waals surface area contributed by atoms with Gasteiger partial charge in [0.2, 0.25) is 5.91 Å². The van der Waals surface area contributed by atoms with Crippen LogP contribution >= 0.6 is 0 Å². The van der Waals surface area contributed by atoms with Crippen LogP contribution in [-0.4, -0.2) is 34.9 Å². The molecule has 4 nitrogen and oxygen atoms in total. The zero-order valence-electron chi connectivity index (χ0n) is 24.5. The molecule has 0 spiro atoms. The van der Waals surface area contributed by atoms with Crippen LogP contribution in [0.25, 0.3) is 0 Å². The first kappa shape index (κ1) is 35.4. The fourth-order valence-corrected chi connectivity index (χ4v) is 5.06. The fraction of sp³-hybridized carbons (Fsp3) is 0.969. The first-order valence-electron chi connectivity index (χ1n) is 16.2. The van der Waals surface area contributed by atoms with E-state index in [1.807, 2.05) is 0 Å². The molecule has 0 aliphatic carbocycles. The minimum atomic E-state index is -0.649. The van der Waals surface area contributed by atoms with E-state index in [0.717, 1.165) is 25.7 Å². The molecule has 0 bridgehead atoms. The summed E-state index contributed by atoms with van der Waals surface area (Å²) >= 11 is 0. The van der Waals surface area contributed by atoms with Crippen LogP contribution in [0.15, 0.2) is 0 Å². The molecule has 216 valence electrons. The first-order valence-corrected chi connectivity index (χ1v) is 16.2. The van der Waals surface area contributed by atoms with Crippen molar-refractivity contribution in [1.82, 2.24) is 5.32 Å². The van der Waals surface area contributed by atoms with Crippen molar-refractivity contribution in [3.05, 3.63) is 0 Å². The van der Waals surface area contributed by atoms with Crippen LogP contribution in [0.1, 0.15) is 181 Å². The summed E-state index contributed by atoms with van der Waals surface area (Å²) in [5, 5.41) is 22.9. The molecule has 1 amide bonds. The number of unbranched alkanes of at least 4 members (excludes halogenated alkanes) is 22. The van der Waals surface area contributed by atoms with Crippen molar-refractivity contribution in [3.8, 4) is 0 Å². The topological polar surface area (TPSA) is 69.6 Å². The number of aliphatic hydroxyl groups is 2. The van der Waals surface area contributed by atoms with Gasteiger partial charge in [0, 0.05) is 6.42 Å². The Morgan fingerprint density at radius 3 is 1.25 bits per heavy atom. The number of carbonyl (C=O) groups is 1. The molecule has 0 saturated heterocycles. The Bertz CT molecular complexity index is 443. The molecule has 3 N–H and O–H groups in total. The minimum Gasteiger partial charge on any atom is -0.394 e. The molecule has 0 saturated carbocycles. The fourth-order valence-electron chi connectivity index (χ4n) is 5.06. The molecule has 0 rings (SSSR count). The van der Waals surface area contributed by atoms with E-state index in [9.17, 15) is 15.0 Å². The molecule has 2 atom stereocenters. The lowest BCUT2D eigenvalue weighted by atomic mass is 10.0. The third kappa shape index (κ3) is 25.1. The summed E-state index contributed by atoms with van der Waals surface area (Å²) < 4.78 is 0. The van der Waals surface area contributed by atoms with Crippen LogP contribution in [0.3, 0.4) is 0 Å². The Kier molecular flexibility index (Phi) is 28.5. The quantitative estimate of drug-likeness (QED) is 0.0877. The van der Waals surface area contributed by atoms with E-state index >= 15 is 0 Å².